The number of carboxylic acid groups (broad SMARTS) is 1. The lowest BCUT2D eigenvalue weighted by molar-refractivity contribution is -0.305. The molecule has 6 nitrogen and oxygen atoms in total. The Morgan fingerprint density at radius 3 is 2.87 bits per heavy atom. The van der Waals surface area contributed by atoms with Crippen LogP contribution in [0.1, 0.15) is 42.4 Å². The zero-order valence-corrected chi connectivity index (χ0v) is 13.1. The molecular weight excluding hydrogens is 316 g/mol. The number of hydrogen-bond acceptors (Lipinski definition) is 6. The van der Waals surface area contributed by atoms with Crippen molar-refractivity contribution in [3.63, 3.8) is 0 Å². The molecule has 0 fully saturated rings. The van der Waals surface area contributed by atoms with Gasteiger partial charge in [-0.2, -0.15) is 5.10 Å². The molecule has 0 aliphatic carbocycles. The smallest absolute Gasteiger partial charge is 0.243 e. The molecule has 1 aliphatic heterocycles. The van der Waals surface area contributed by atoms with Crippen LogP contribution in [-0.4, -0.2) is 22.6 Å². The van der Waals surface area contributed by atoms with Crippen molar-refractivity contribution >= 4 is 28.9 Å². The lowest BCUT2D eigenvalue weighted by Crippen LogP contribution is -2.27. The third kappa shape index (κ3) is 3.50. The van der Waals surface area contributed by atoms with E-state index in [-0.39, 0.29) is 31.2 Å². The monoisotopic (exact) mass is 331 g/mol. The van der Waals surface area contributed by atoms with E-state index in [1.54, 1.807) is 23.7 Å². The number of nitrogens with zero attached hydrogens (tertiary/aromatic N) is 2. The molecule has 3 rings (SSSR count). The molecule has 1 aliphatic rings. The van der Waals surface area contributed by atoms with E-state index >= 15 is 0 Å². The van der Waals surface area contributed by atoms with Crippen molar-refractivity contribution in [1.82, 2.24) is 5.01 Å². The molecule has 2 aromatic heterocycles. The van der Waals surface area contributed by atoms with Crippen LogP contribution in [-0.2, 0) is 9.59 Å². The third-order valence-corrected chi connectivity index (χ3v) is 4.53. The Labute approximate surface area is 137 Å². The number of furan rings is 1. The topological polar surface area (TPSA) is 85.9 Å². The van der Waals surface area contributed by atoms with E-state index in [1.807, 2.05) is 23.6 Å². The molecule has 2 aromatic rings. The van der Waals surface area contributed by atoms with Crippen LogP contribution in [0.25, 0.3) is 0 Å². The summed E-state index contributed by atoms with van der Waals surface area (Å²) in [5.41, 5.74) is 0.842. The number of carbonyl (C=O) groups is 2. The lowest BCUT2D eigenvalue weighted by atomic mass is 10.1. The molecule has 1 amide bonds. The predicted molar refractivity (Wildman–Crippen MR) is 82.6 cm³/mol. The molecule has 0 aromatic carbocycles. The number of amides is 1. The van der Waals surface area contributed by atoms with Crippen LogP contribution in [0.3, 0.4) is 0 Å². The van der Waals surface area contributed by atoms with E-state index in [4.69, 9.17) is 4.42 Å². The van der Waals surface area contributed by atoms with Gasteiger partial charge in [-0.15, -0.1) is 11.3 Å². The van der Waals surface area contributed by atoms with E-state index in [0.29, 0.717) is 12.2 Å². The van der Waals surface area contributed by atoms with Gasteiger partial charge < -0.3 is 14.3 Å². The van der Waals surface area contributed by atoms with E-state index in [9.17, 15) is 14.7 Å². The summed E-state index contributed by atoms with van der Waals surface area (Å²) in [4.78, 5) is 23.9. The first-order valence-electron chi connectivity index (χ1n) is 7.32. The molecule has 120 valence electrons. The Morgan fingerprint density at radius 1 is 1.35 bits per heavy atom. The average molecular weight is 331 g/mol. The maximum atomic E-state index is 12.4. The van der Waals surface area contributed by atoms with Gasteiger partial charge in [-0.1, -0.05) is 6.07 Å². The van der Waals surface area contributed by atoms with Gasteiger partial charge in [0.1, 0.15) is 11.8 Å². The normalized spacial score (nSPS) is 17.3. The molecule has 0 radical (unpaired) electrons. The zero-order chi connectivity index (χ0) is 16.2. The van der Waals surface area contributed by atoms with Gasteiger partial charge in [0.25, 0.3) is 0 Å². The minimum atomic E-state index is -1.15. The Balaban J connectivity index is 1.77. The van der Waals surface area contributed by atoms with Crippen LogP contribution in [0.2, 0.25) is 0 Å². The van der Waals surface area contributed by atoms with Gasteiger partial charge in [-0.3, -0.25) is 4.79 Å². The van der Waals surface area contributed by atoms with Crippen molar-refractivity contribution in [2.24, 2.45) is 5.10 Å². The molecule has 0 spiro atoms. The van der Waals surface area contributed by atoms with E-state index in [1.165, 1.54) is 5.01 Å². The number of aliphatic carboxylic acids is 1. The first-order valence-corrected chi connectivity index (χ1v) is 8.20. The van der Waals surface area contributed by atoms with Crippen LogP contribution in [0.15, 0.2) is 45.4 Å². The standard InChI is InChI=1S/C16H16N2O4S/c19-15(6-1-7-16(20)21)18-12(13-4-2-8-22-13)10-11(17-18)14-5-3-9-23-14/h2-5,8-9,12H,1,6-7,10H2,(H,20,21)/p-1/t12-/m0/s1. The van der Waals surface area contributed by atoms with Crippen molar-refractivity contribution in [3.8, 4) is 0 Å². The van der Waals surface area contributed by atoms with Gasteiger partial charge in [0, 0.05) is 18.8 Å². The van der Waals surface area contributed by atoms with E-state index in [0.717, 1.165) is 10.6 Å². The summed E-state index contributed by atoms with van der Waals surface area (Å²) in [6.45, 7) is 0. The Kier molecular flexibility index (Phi) is 4.57. The van der Waals surface area contributed by atoms with Gasteiger partial charge in [0.15, 0.2) is 0 Å². The highest BCUT2D eigenvalue weighted by Crippen LogP contribution is 2.34. The molecule has 3 heterocycles. The number of hydrazone groups is 1. The van der Waals surface area contributed by atoms with Crippen LogP contribution < -0.4 is 5.11 Å². The predicted octanol–water partition coefficient (Wildman–Crippen LogP) is 1.94. The zero-order valence-electron chi connectivity index (χ0n) is 12.3. The second-order valence-corrected chi connectivity index (χ2v) is 6.17. The quantitative estimate of drug-likeness (QED) is 0.809. The van der Waals surface area contributed by atoms with Gasteiger partial charge in [-0.05, 0) is 36.4 Å². The maximum Gasteiger partial charge on any atom is 0.243 e. The van der Waals surface area contributed by atoms with Crippen molar-refractivity contribution < 1.29 is 19.1 Å². The molecule has 0 saturated carbocycles. The fourth-order valence-corrected chi connectivity index (χ4v) is 3.25. The summed E-state index contributed by atoms with van der Waals surface area (Å²) in [7, 11) is 0. The van der Waals surface area contributed by atoms with Gasteiger partial charge in [-0.25, -0.2) is 5.01 Å². The summed E-state index contributed by atoms with van der Waals surface area (Å²) < 4.78 is 5.44. The number of carboxylic acids is 1. The lowest BCUT2D eigenvalue weighted by Gasteiger charge is -2.19. The van der Waals surface area contributed by atoms with Gasteiger partial charge >= 0.3 is 0 Å². The SMILES string of the molecule is O=C([O-])CCCC(=O)N1N=C(c2cccs2)C[C@H]1c1ccco1. The van der Waals surface area contributed by atoms with Gasteiger partial charge in [0.05, 0.1) is 16.9 Å². The molecule has 23 heavy (non-hydrogen) atoms. The van der Waals surface area contributed by atoms with Crippen molar-refractivity contribution in [3.05, 3.63) is 46.5 Å². The molecule has 0 N–H and O–H groups in total. The summed E-state index contributed by atoms with van der Waals surface area (Å²) in [6.07, 6.45) is 2.38. The average Bonchev–Trinajstić information content (AvgIpc) is 3.26. The highest BCUT2D eigenvalue weighted by molar-refractivity contribution is 7.12. The highest BCUT2D eigenvalue weighted by Gasteiger charge is 2.34. The number of thiophene rings is 1. The number of carbonyl (C=O) groups excluding carboxylic acids is 2. The number of rotatable bonds is 6. The Morgan fingerprint density at radius 2 is 2.22 bits per heavy atom. The third-order valence-electron chi connectivity index (χ3n) is 3.61. The van der Waals surface area contributed by atoms with Crippen molar-refractivity contribution in [2.45, 2.75) is 31.7 Å². The summed E-state index contributed by atoms with van der Waals surface area (Å²) in [5.74, 6) is -0.683. The molecule has 0 saturated heterocycles. The van der Waals surface area contributed by atoms with Crippen molar-refractivity contribution in [2.75, 3.05) is 0 Å². The van der Waals surface area contributed by atoms with E-state index < -0.39 is 5.97 Å². The largest absolute Gasteiger partial charge is 0.550 e. The van der Waals surface area contributed by atoms with Crippen molar-refractivity contribution in [1.29, 1.82) is 0 Å². The minimum absolute atomic E-state index is 0.117. The second-order valence-electron chi connectivity index (χ2n) is 5.22. The summed E-state index contributed by atoms with van der Waals surface area (Å²) >= 11 is 1.57. The van der Waals surface area contributed by atoms with Crippen LogP contribution in [0.4, 0.5) is 0 Å². The molecular formula is C16H15N2O4S-. The highest BCUT2D eigenvalue weighted by atomic mass is 32.1. The van der Waals surface area contributed by atoms with Crippen LogP contribution in [0, 0.1) is 0 Å². The minimum Gasteiger partial charge on any atom is -0.550 e. The molecule has 7 heteroatoms. The molecule has 0 bridgehead atoms. The fourth-order valence-electron chi connectivity index (χ4n) is 2.53. The molecule has 0 unspecified atom stereocenters. The van der Waals surface area contributed by atoms with E-state index in [2.05, 4.69) is 5.10 Å². The second kappa shape index (κ2) is 6.78. The van der Waals surface area contributed by atoms with Crippen LogP contribution >= 0.6 is 11.3 Å². The summed E-state index contributed by atoms with van der Waals surface area (Å²) in [6, 6.07) is 7.22. The Hall–Kier alpha value is -2.41. The van der Waals surface area contributed by atoms with Crippen LogP contribution in [0.5, 0.6) is 0 Å². The first-order chi connectivity index (χ1) is 11.1. The summed E-state index contributed by atoms with van der Waals surface area (Å²) in [5, 5.41) is 18.3. The molecule has 1 atom stereocenters. The fraction of sp³-hybridized carbons (Fsp3) is 0.312. The Bertz CT molecular complexity index is 707. The first kappa shape index (κ1) is 15.5. The van der Waals surface area contributed by atoms with Gasteiger partial charge in [0.2, 0.25) is 5.91 Å². The number of hydrogen-bond donors (Lipinski definition) is 0. The maximum absolute atomic E-state index is 12.4.